The Morgan fingerprint density at radius 2 is 1.80 bits per heavy atom. The van der Waals surface area contributed by atoms with Crippen molar-refractivity contribution in [1.82, 2.24) is 16.2 Å². The van der Waals surface area contributed by atoms with Crippen LogP contribution in [-0.2, 0) is 0 Å². The molecule has 1 saturated carbocycles. The van der Waals surface area contributed by atoms with Gasteiger partial charge in [0.15, 0.2) is 5.11 Å². The fourth-order valence-electron chi connectivity index (χ4n) is 1.97. The molecule has 2 aromatic carbocycles. The van der Waals surface area contributed by atoms with Crippen molar-refractivity contribution < 1.29 is 4.79 Å². The van der Waals surface area contributed by atoms with Gasteiger partial charge in [0, 0.05) is 11.6 Å². The van der Waals surface area contributed by atoms with Crippen LogP contribution in [0.4, 0.5) is 0 Å². The minimum absolute atomic E-state index is 0.198. The lowest BCUT2D eigenvalue weighted by atomic mass is 10.1. The molecule has 3 N–H and O–H groups in total. The number of amides is 1. The number of fused-ring (bicyclic) bond motifs is 1. The number of carbonyl (C=O) groups is 1. The number of hydrazine groups is 1. The highest BCUT2D eigenvalue weighted by Crippen LogP contribution is 2.18. The van der Waals surface area contributed by atoms with Gasteiger partial charge in [-0.05, 0) is 48.0 Å². The molecule has 2 aromatic rings. The largest absolute Gasteiger partial charge is 0.359 e. The monoisotopic (exact) mass is 285 g/mol. The summed E-state index contributed by atoms with van der Waals surface area (Å²) in [6, 6.07) is 14.0. The van der Waals surface area contributed by atoms with Crippen LogP contribution in [0.2, 0.25) is 0 Å². The molecule has 0 heterocycles. The Morgan fingerprint density at radius 1 is 1.05 bits per heavy atom. The predicted molar refractivity (Wildman–Crippen MR) is 83.3 cm³/mol. The van der Waals surface area contributed by atoms with Gasteiger partial charge in [0.05, 0.1) is 0 Å². The van der Waals surface area contributed by atoms with Crippen LogP contribution < -0.4 is 16.2 Å². The van der Waals surface area contributed by atoms with Crippen molar-refractivity contribution in [3.63, 3.8) is 0 Å². The second-order valence-electron chi connectivity index (χ2n) is 4.89. The van der Waals surface area contributed by atoms with Crippen molar-refractivity contribution in [2.24, 2.45) is 0 Å². The molecule has 5 heteroatoms. The molecule has 0 aliphatic heterocycles. The van der Waals surface area contributed by atoms with E-state index in [1.165, 1.54) is 0 Å². The molecule has 0 atom stereocenters. The van der Waals surface area contributed by atoms with E-state index >= 15 is 0 Å². The Balaban J connectivity index is 1.63. The minimum Gasteiger partial charge on any atom is -0.359 e. The summed E-state index contributed by atoms with van der Waals surface area (Å²) in [7, 11) is 0. The van der Waals surface area contributed by atoms with Gasteiger partial charge in [-0.25, -0.2) is 0 Å². The Bertz CT molecular complexity index is 667. The quantitative estimate of drug-likeness (QED) is 0.584. The third-order valence-electron chi connectivity index (χ3n) is 3.21. The molecule has 102 valence electrons. The molecule has 1 aliphatic carbocycles. The molecule has 1 aliphatic rings. The maximum Gasteiger partial charge on any atom is 0.269 e. The maximum absolute atomic E-state index is 12.0. The third kappa shape index (κ3) is 3.05. The number of thiocarbonyl (C=S) groups is 1. The van der Waals surface area contributed by atoms with Crippen LogP contribution in [0.25, 0.3) is 10.8 Å². The molecule has 1 fully saturated rings. The van der Waals surface area contributed by atoms with Gasteiger partial charge < -0.3 is 5.32 Å². The van der Waals surface area contributed by atoms with Crippen molar-refractivity contribution >= 4 is 34.0 Å². The van der Waals surface area contributed by atoms with E-state index in [2.05, 4.69) is 16.2 Å². The maximum atomic E-state index is 12.0. The van der Waals surface area contributed by atoms with E-state index in [9.17, 15) is 4.79 Å². The van der Waals surface area contributed by atoms with E-state index in [4.69, 9.17) is 12.2 Å². The van der Waals surface area contributed by atoms with Crippen LogP contribution in [0.1, 0.15) is 23.2 Å². The molecule has 0 aromatic heterocycles. The molecular weight excluding hydrogens is 270 g/mol. The SMILES string of the molecule is O=C(NNC(=S)NC1CC1)c1ccc2ccccc2c1. The number of nitrogens with one attached hydrogen (secondary N) is 3. The van der Waals surface area contributed by atoms with E-state index in [1.807, 2.05) is 36.4 Å². The van der Waals surface area contributed by atoms with E-state index in [1.54, 1.807) is 6.07 Å². The zero-order valence-corrected chi connectivity index (χ0v) is 11.7. The number of benzene rings is 2. The molecular formula is C15H15N3OS. The van der Waals surface area contributed by atoms with Gasteiger partial charge in [-0.1, -0.05) is 30.3 Å². The molecule has 0 bridgehead atoms. The van der Waals surface area contributed by atoms with Gasteiger partial charge in [0.1, 0.15) is 0 Å². The lowest BCUT2D eigenvalue weighted by Gasteiger charge is -2.11. The average Bonchev–Trinajstić information content (AvgIpc) is 3.28. The van der Waals surface area contributed by atoms with Crippen molar-refractivity contribution in [3.05, 3.63) is 48.0 Å². The highest BCUT2D eigenvalue weighted by Gasteiger charge is 2.21. The van der Waals surface area contributed by atoms with Crippen molar-refractivity contribution in [2.45, 2.75) is 18.9 Å². The molecule has 0 saturated heterocycles. The Hall–Kier alpha value is -2.14. The second kappa shape index (κ2) is 5.46. The summed E-state index contributed by atoms with van der Waals surface area (Å²) in [5.41, 5.74) is 5.93. The number of hydrogen-bond acceptors (Lipinski definition) is 2. The average molecular weight is 285 g/mol. The van der Waals surface area contributed by atoms with Crippen LogP contribution in [-0.4, -0.2) is 17.1 Å². The van der Waals surface area contributed by atoms with Gasteiger partial charge in [-0.15, -0.1) is 0 Å². The first-order chi connectivity index (χ1) is 9.72. The lowest BCUT2D eigenvalue weighted by molar-refractivity contribution is 0.0944. The third-order valence-corrected chi connectivity index (χ3v) is 3.43. The standard InChI is InChI=1S/C15H15N3OS/c19-14(17-18-15(20)16-13-7-8-13)12-6-5-10-3-1-2-4-11(10)9-12/h1-6,9,13H,7-8H2,(H,17,19)(H2,16,18,20). The van der Waals surface area contributed by atoms with E-state index in [0.29, 0.717) is 16.7 Å². The Morgan fingerprint density at radius 3 is 2.55 bits per heavy atom. The topological polar surface area (TPSA) is 53.2 Å². The molecule has 0 unspecified atom stereocenters. The zero-order valence-electron chi connectivity index (χ0n) is 10.8. The first kappa shape index (κ1) is 12.9. The van der Waals surface area contributed by atoms with E-state index in [-0.39, 0.29) is 5.91 Å². The highest BCUT2D eigenvalue weighted by molar-refractivity contribution is 7.80. The van der Waals surface area contributed by atoms with Crippen molar-refractivity contribution in [1.29, 1.82) is 0 Å². The molecule has 0 radical (unpaired) electrons. The van der Waals surface area contributed by atoms with Crippen molar-refractivity contribution in [3.8, 4) is 0 Å². The van der Waals surface area contributed by atoms with E-state index < -0.39 is 0 Å². The van der Waals surface area contributed by atoms with E-state index in [0.717, 1.165) is 23.6 Å². The summed E-state index contributed by atoms with van der Waals surface area (Å²) in [6.07, 6.45) is 2.28. The molecule has 3 rings (SSSR count). The van der Waals surface area contributed by atoms with Crippen molar-refractivity contribution in [2.75, 3.05) is 0 Å². The first-order valence-corrected chi connectivity index (χ1v) is 6.99. The van der Waals surface area contributed by atoms with Gasteiger partial charge in [0.25, 0.3) is 5.91 Å². The molecule has 4 nitrogen and oxygen atoms in total. The summed E-state index contributed by atoms with van der Waals surface area (Å²) in [5, 5.41) is 5.71. The smallest absolute Gasteiger partial charge is 0.269 e. The van der Waals surface area contributed by atoms with Crippen LogP contribution >= 0.6 is 12.2 Å². The summed E-state index contributed by atoms with van der Waals surface area (Å²) in [6.45, 7) is 0. The second-order valence-corrected chi connectivity index (χ2v) is 5.30. The lowest BCUT2D eigenvalue weighted by Crippen LogP contribution is -2.47. The number of hydrogen-bond donors (Lipinski definition) is 3. The minimum atomic E-state index is -0.198. The summed E-state index contributed by atoms with van der Waals surface area (Å²) >= 11 is 5.08. The number of rotatable bonds is 2. The fraction of sp³-hybridized carbons (Fsp3) is 0.200. The Labute approximate surface area is 122 Å². The van der Waals surface area contributed by atoms with Gasteiger partial charge in [-0.3, -0.25) is 15.6 Å². The van der Waals surface area contributed by atoms with Crippen LogP contribution in [0.15, 0.2) is 42.5 Å². The first-order valence-electron chi connectivity index (χ1n) is 6.58. The summed E-state index contributed by atoms with van der Waals surface area (Å²) in [4.78, 5) is 12.0. The van der Waals surface area contributed by atoms with Gasteiger partial charge >= 0.3 is 0 Å². The zero-order chi connectivity index (χ0) is 13.9. The molecule has 1 amide bonds. The predicted octanol–water partition coefficient (Wildman–Crippen LogP) is 2.11. The molecule has 20 heavy (non-hydrogen) atoms. The van der Waals surface area contributed by atoms with Crippen LogP contribution in [0.5, 0.6) is 0 Å². The normalized spacial score (nSPS) is 13.8. The Kier molecular flexibility index (Phi) is 3.52. The summed E-state index contributed by atoms with van der Waals surface area (Å²) in [5.74, 6) is -0.198. The fourth-order valence-corrected chi connectivity index (χ4v) is 2.18. The van der Waals surface area contributed by atoms with Crippen LogP contribution in [0, 0.1) is 0 Å². The highest BCUT2D eigenvalue weighted by atomic mass is 32.1. The number of carbonyl (C=O) groups excluding carboxylic acids is 1. The van der Waals surface area contributed by atoms with Crippen LogP contribution in [0.3, 0.4) is 0 Å². The molecule has 0 spiro atoms. The summed E-state index contributed by atoms with van der Waals surface area (Å²) < 4.78 is 0. The van der Waals surface area contributed by atoms with Gasteiger partial charge in [0.2, 0.25) is 0 Å². The van der Waals surface area contributed by atoms with Gasteiger partial charge in [-0.2, -0.15) is 0 Å².